The van der Waals surface area contributed by atoms with E-state index >= 15 is 0 Å². The van der Waals surface area contributed by atoms with E-state index in [-0.39, 0.29) is 43.7 Å². The van der Waals surface area contributed by atoms with E-state index in [1.165, 1.54) is 11.1 Å². The topological polar surface area (TPSA) is 154 Å². The van der Waals surface area contributed by atoms with E-state index in [9.17, 15) is 22.8 Å². The van der Waals surface area contributed by atoms with Gasteiger partial charge in [0.1, 0.15) is 11.3 Å². The van der Waals surface area contributed by atoms with E-state index in [0.717, 1.165) is 5.56 Å². The quantitative estimate of drug-likeness (QED) is 0.412. The number of sulfone groups is 1. The largest absolute Gasteiger partial charge is 0.367 e. The number of imidazole rings is 1. The third-order valence-corrected chi connectivity index (χ3v) is 11.5. The molecule has 1 aromatic heterocycles. The van der Waals surface area contributed by atoms with E-state index in [1.807, 2.05) is 12.1 Å². The van der Waals surface area contributed by atoms with Gasteiger partial charge in [-0.05, 0) is 57.2 Å². The lowest BCUT2D eigenvalue weighted by molar-refractivity contribution is -0.132. The van der Waals surface area contributed by atoms with Crippen LogP contribution in [0.3, 0.4) is 0 Å². The predicted octanol–water partition coefficient (Wildman–Crippen LogP) is 1.68. The van der Waals surface area contributed by atoms with Crippen molar-refractivity contribution in [3.8, 4) is 0 Å². The lowest BCUT2D eigenvalue weighted by Crippen LogP contribution is -2.53. The summed E-state index contributed by atoms with van der Waals surface area (Å²) < 4.78 is 32.5. The van der Waals surface area contributed by atoms with Crippen molar-refractivity contribution in [3.63, 3.8) is 0 Å². The number of rotatable bonds is 11. The van der Waals surface area contributed by atoms with Gasteiger partial charge in [-0.15, -0.1) is 0 Å². The summed E-state index contributed by atoms with van der Waals surface area (Å²) in [7, 11) is -3.76. The van der Waals surface area contributed by atoms with Gasteiger partial charge in [-0.3, -0.25) is 14.4 Å². The number of halogens is 1. The normalized spacial score (nSPS) is 19.4. The van der Waals surface area contributed by atoms with Crippen LogP contribution in [0.4, 0.5) is 0 Å². The van der Waals surface area contributed by atoms with Crippen molar-refractivity contribution in [2.45, 2.75) is 67.7 Å². The number of carbonyl (C=O) groups excluding carboxylic acids is 3. The number of nitrogens with zero attached hydrogens (tertiary/aromatic N) is 3. The van der Waals surface area contributed by atoms with Crippen LogP contribution in [0.1, 0.15) is 66.2 Å². The summed E-state index contributed by atoms with van der Waals surface area (Å²) in [4.78, 5) is 43.5. The van der Waals surface area contributed by atoms with Crippen LogP contribution in [-0.4, -0.2) is 75.4 Å². The average Bonchev–Trinajstić information content (AvgIpc) is 3.81. The van der Waals surface area contributed by atoms with Crippen LogP contribution in [0.5, 0.6) is 0 Å². The maximum Gasteiger partial charge on any atom is 0.287 e. The number of aromatic nitrogens is 2. The minimum absolute atomic E-state index is 0.0435. The summed E-state index contributed by atoms with van der Waals surface area (Å²) in [6, 6.07) is 7.09. The molecule has 1 aromatic carbocycles. The molecule has 2 aromatic rings. The third kappa shape index (κ3) is 4.93. The van der Waals surface area contributed by atoms with Gasteiger partial charge in [0.25, 0.3) is 11.8 Å². The maximum atomic E-state index is 13.8. The fourth-order valence-corrected chi connectivity index (χ4v) is 7.48. The molecule has 0 radical (unpaired) electrons. The number of fused-ring (bicyclic) bond motifs is 1. The van der Waals surface area contributed by atoms with Crippen molar-refractivity contribution in [3.05, 3.63) is 52.6 Å². The number of amides is 3. The monoisotopic (exact) mass is 577 g/mol. The molecule has 0 bridgehead atoms. The van der Waals surface area contributed by atoms with E-state index in [0.29, 0.717) is 37.3 Å². The van der Waals surface area contributed by atoms with Gasteiger partial charge < -0.3 is 25.3 Å². The number of nitrogens with two attached hydrogens (primary N) is 1. The lowest BCUT2D eigenvalue weighted by Gasteiger charge is -2.36. The Morgan fingerprint density at radius 3 is 2.41 bits per heavy atom. The Balaban J connectivity index is 1.25. The Morgan fingerprint density at radius 1 is 1.15 bits per heavy atom. The SMILES string of the molecule is CC(C)(COC1(C(N)=O)CC1)S(=O)(=O)C1(CN2CCn3c(cnc3C(=O)NCc3ccc(Cl)cc3)C2=O)CC1. The van der Waals surface area contributed by atoms with Crippen LogP contribution in [0.15, 0.2) is 30.5 Å². The molecular weight excluding hydrogens is 546 g/mol. The molecule has 2 aliphatic carbocycles. The van der Waals surface area contributed by atoms with Gasteiger partial charge in [0.05, 0.1) is 22.3 Å². The first-order valence-electron chi connectivity index (χ1n) is 12.9. The molecule has 0 saturated heterocycles. The van der Waals surface area contributed by atoms with Crippen LogP contribution < -0.4 is 11.1 Å². The van der Waals surface area contributed by atoms with Crippen LogP contribution in [-0.2, 0) is 32.5 Å². The number of hydrogen-bond donors (Lipinski definition) is 2. The Bertz CT molecular complexity index is 1430. The highest BCUT2D eigenvalue weighted by Crippen LogP contribution is 2.50. The lowest BCUT2D eigenvalue weighted by atomic mass is 10.2. The molecular formula is C26H32ClN5O6S. The van der Waals surface area contributed by atoms with E-state index in [2.05, 4.69) is 10.3 Å². The van der Waals surface area contributed by atoms with Crippen molar-refractivity contribution in [2.75, 3.05) is 19.7 Å². The third-order valence-electron chi connectivity index (χ3n) is 7.96. The zero-order chi connectivity index (χ0) is 28.2. The molecule has 2 heterocycles. The van der Waals surface area contributed by atoms with Crippen molar-refractivity contribution < 1.29 is 27.5 Å². The Labute approximate surface area is 231 Å². The molecule has 3 aliphatic rings. The van der Waals surface area contributed by atoms with Gasteiger partial charge in [0.2, 0.25) is 5.91 Å². The second kappa shape index (κ2) is 9.60. The van der Waals surface area contributed by atoms with E-state index in [4.69, 9.17) is 22.1 Å². The standard InChI is InChI=1S/C26H32ClN5O6S/c1-24(2,16-38-26(9-10-26)23(28)35)39(36,37)25(7-8-25)15-31-11-12-32-19(22(31)34)14-29-20(32)21(33)30-13-17-3-5-18(27)6-4-17/h3-6,14H,7-13,15-16H2,1-2H3,(H2,28,35)(H,30,33). The number of ether oxygens (including phenoxy) is 1. The summed E-state index contributed by atoms with van der Waals surface area (Å²) >= 11 is 5.90. The van der Waals surface area contributed by atoms with Crippen molar-refractivity contribution >= 4 is 39.2 Å². The number of primary amides is 1. The summed E-state index contributed by atoms with van der Waals surface area (Å²) in [6.07, 6.45) is 3.19. The molecule has 39 heavy (non-hydrogen) atoms. The van der Waals surface area contributed by atoms with E-state index in [1.54, 1.807) is 30.5 Å². The minimum Gasteiger partial charge on any atom is -0.367 e. The molecule has 2 fully saturated rings. The first-order valence-corrected chi connectivity index (χ1v) is 14.7. The Hall–Kier alpha value is -2.96. The maximum absolute atomic E-state index is 13.8. The number of nitrogens with one attached hydrogen (secondary N) is 1. The molecule has 0 unspecified atom stereocenters. The van der Waals surface area contributed by atoms with Crippen molar-refractivity contribution in [1.82, 2.24) is 19.8 Å². The van der Waals surface area contributed by atoms with E-state index < -0.39 is 36.7 Å². The Morgan fingerprint density at radius 2 is 1.82 bits per heavy atom. The fraction of sp³-hybridized carbons (Fsp3) is 0.538. The zero-order valence-electron chi connectivity index (χ0n) is 21.9. The zero-order valence-corrected chi connectivity index (χ0v) is 23.5. The summed E-state index contributed by atoms with van der Waals surface area (Å²) in [5.74, 6) is -1.23. The molecule has 5 rings (SSSR count). The van der Waals surface area contributed by atoms with Crippen LogP contribution in [0, 0.1) is 0 Å². The number of hydrogen-bond acceptors (Lipinski definition) is 7. The highest BCUT2D eigenvalue weighted by Gasteiger charge is 2.62. The summed E-state index contributed by atoms with van der Waals surface area (Å²) in [5.41, 5.74) is 5.46. The number of benzene rings is 1. The summed E-state index contributed by atoms with van der Waals surface area (Å²) in [5, 5.41) is 3.41. The molecule has 0 atom stereocenters. The second-order valence-electron chi connectivity index (χ2n) is 11.2. The van der Waals surface area contributed by atoms with Gasteiger partial charge in [-0.1, -0.05) is 23.7 Å². The van der Waals surface area contributed by atoms with Gasteiger partial charge >= 0.3 is 0 Å². The molecule has 13 heteroatoms. The average molecular weight is 578 g/mol. The summed E-state index contributed by atoms with van der Waals surface area (Å²) in [6.45, 7) is 3.89. The first-order chi connectivity index (χ1) is 18.3. The molecule has 11 nitrogen and oxygen atoms in total. The van der Waals surface area contributed by atoms with Crippen LogP contribution in [0.25, 0.3) is 0 Å². The minimum atomic E-state index is -3.76. The Kier molecular flexibility index (Phi) is 6.79. The van der Waals surface area contributed by atoms with Crippen molar-refractivity contribution in [1.29, 1.82) is 0 Å². The number of carbonyl (C=O) groups is 3. The van der Waals surface area contributed by atoms with Crippen molar-refractivity contribution in [2.24, 2.45) is 5.73 Å². The molecule has 2 saturated carbocycles. The van der Waals surface area contributed by atoms with Gasteiger partial charge in [0, 0.05) is 31.2 Å². The van der Waals surface area contributed by atoms with Gasteiger partial charge in [-0.2, -0.15) is 0 Å². The first kappa shape index (κ1) is 27.6. The smallest absolute Gasteiger partial charge is 0.287 e. The second-order valence-corrected chi connectivity index (χ2v) is 14.7. The molecule has 3 amide bonds. The predicted molar refractivity (Wildman–Crippen MR) is 143 cm³/mol. The highest BCUT2D eigenvalue weighted by molar-refractivity contribution is 7.94. The van der Waals surface area contributed by atoms with Gasteiger partial charge in [-0.25, -0.2) is 13.4 Å². The molecule has 210 valence electrons. The van der Waals surface area contributed by atoms with Crippen LogP contribution >= 0.6 is 11.6 Å². The fourth-order valence-electron chi connectivity index (χ4n) is 5.00. The molecule has 3 N–H and O–H groups in total. The molecule has 1 aliphatic heterocycles. The molecule has 0 spiro atoms. The van der Waals surface area contributed by atoms with Crippen LogP contribution in [0.2, 0.25) is 5.02 Å². The van der Waals surface area contributed by atoms with Gasteiger partial charge in [0.15, 0.2) is 15.7 Å². The highest BCUT2D eigenvalue weighted by atomic mass is 35.5.